The number of thiocarbonyl (C=S) groups is 2. The lowest BCUT2D eigenvalue weighted by Gasteiger charge is -2.16. The van der Waals surface area contributed by atoms with E-state index in [-0.39, 0.29) is 6.04 Å². The second-order valence-corrected chi connectivity index (χ2v) is 3.23. The molecule has 1 aliphatic rings. The number of hydrogen-bond acceptors (Lipinski definition) is 4. The summed E-state index contributed by atoms with van der Waals surface area (Å²) < 4.78 is 0. The fourth-order valence-corrected chi connectivity index (χ4v) is 1.28. The van der Waals surface area contributed by atoms with Gasteiger partial charge in [-0.1, -0.05) is 24.4 Å². The first kappa shape index (κ1) is 7.78. The van der Waals surface area contributed by atoms with Gasteiger partial charge in [-0.25, -0.2) is 0 Å². The maximum absolute atomic E-state index is 5.57. The first-order valence-corrected chi connectivity index (χ1v) is 3.71. The molecule has 10 heavy (non-hydrogen) atoms. The first-order valence-electron chi connectivity index (χ1n) is 2.90. The van der Waals surface area contributed by atoms with Crippen LogP contribution < -0.4 is 11.5 Å². The molecule has 0 aliphatic heterocycles. The van der Waals surface area contributed by atoms with E-state index in [9.17, 15) is 0 Å². The van der Waals surface area contributed by atoms with E-state index in [0.29, 0.717) is 17.0 Å². The molecule has 0 fully saturated rings. The highest BCUT2D eigenvalue weighted by Crippen LogP contribution is 2.09. The van der Waals surface area contributed by atoms with Crippen LogP contribution in [0.3, 0.4) is 0 Å². The molecule has 0 spiro atoms. The zero-order chi connectivity index (χ0) is 7.72. The van der Waals surface area contributed by atoms with Crippen LogP contribution in [0.25, 0.3) is 0 Å². The van der Waals surface area contributed by atoms with Gasteiger partial charge in [-0.3, -0.25) is 0 Å². The van der Waals surface area contributed by atoms with Gasteiger partial charge in [0.25, 0.3) is 0 Å². The topological polar surface area (TPSA) is 52.0 Å². The van der Waals surface area contributed by atoms with Crippen molar-refractivity contribution in [2.75, 3.05) is 0 Å². The minimum Gasteiger partial charge on any atom is -0.398 e. The SMILES string of the molecule is NC1=CC(N)C(=S)CC1=S. The standard InChI is InChI=1S/C6H8N2S2/c7-3-1-4(8)6(10)2-5(3)9/h1,3H,2,7-8H2. The van der Waals surface area contributed by atoms with Crippen molar-refractivity contribution in [1.29, 1.82) is 0 Å². The van der Waals surface area contributed by atoms with Crippen LogP contribution in [0.2, 0.25) is 0 Å². The van der Waals surface area contributed by atoms with Gasteiger partial charge >= 0.3 is 0 Å². The Morgan fingerprint density at radius 1 is 1.50 bits per heavy atom. The van der Waals surface area contributed by atoms with Crippen LogP contribution in [0.1, 0.15) is 6.42 Å². The molecule has 0 saturated heterocycles. The lowest BCUT2D eigenvalue weighted by atomic mass is 10.0. The minimum absolute atomic E-state index is 0.179. The summed E-state index contributed by atoms with van der Waals surface area (Å²) in [4.78, 5) is 1.49. The predicted octanol–water partition coefficient (Wildman–Crippen LogP) is 0.300. The molecule has 4 N–H and O–H groups in total. The third-order valence-electron chi connectivity index (χ3n) is 1.39. The first-order chi connectivity index (χ1) is 4.61. The Balaban J connectivity index is 2.89. The minimum atomic E-state index is -0.179. The highest BCUT2D eigenvalue weighted by atomic mass is 32.1. The Labute approximate surface area is 70.3 Å². The van der Waals surface area contributed by atoms with Crippen molar-refractivity contribution in [2.24, 2.45) is 11.5 Å². The van der Waals surface area contributed by atoms with E-state index in [1.54, 1.807) is 6.08 Å². The summed E-state index contributed by atoms with van der Waals surface area (Å²) in [5.74, 6) is 0. The van der Waals surface area contributed by atoms with E-state index in [4.69, 9.17) is 35.9 Å². The second-order valence-electron chi connectivity index (χ2n) is 2.21. The van der Waals surface area contributed by atoms with Crippen molar-refractivity contribution in [3.05, 3.63) is 11.8 Å². The lowest BCUT2D eigenvalue weighted by molar-refractivity contribution is 1.05. The Morgan fingerprint density at radius 2 is 2.10 bits per heavy atom. The molecule has 0 bridgehead atoms. The highest BCUT2D eigenvalue weighted by molar-refractivity contribution is 7.82. The molecule has 0 heterocycles. The number of hydrogen-bond donors (Lipinski definition) is 2. The Kier molecular flexibility index (Phi) is 2.13. The van der Waals surface area contributed by atoms with Gasteiger partial charge in [0.05, 0.1) is 6.04 Å². The number of rotatable bonds is 0. The Bertz CT molecular complexity index is 220. The summed E-state index contributed by atoms with van der Waals surface area (Å²) in [5, 5.41) is 0. The second kappa shape index (κ2) is 2.74. The third-order valence-corrected chi connectivity index (χ3v) is 2.18. The summed E-state index contributed by atoms with van der Waals surface area (Å²) in [6.45, 7) is 0. The Morgan fingerprint density at radius 3 is 2.60 bits per heavy atom. The maximum Gasteiger partial charge on any atom is 0.0572 e. The van der Waals surface area contributed by atoms with Gasteiger partial charge in [0, 0.05) is 21.8 Å². The fraction of sp³-hybridized carbons (Fsp3) is 0.333. The molecule has 0 aromatic carbocycles. The van der Waals surface area contributed by atoms with Crippen molar-refractivity contribution in [2.45, 2.75) is 12.5 Å². The van der Waals surface area contributed by atoms with Crippen molar-refractivity contribution >= 4 is 34.2 Å². The van der Waals surface area contributed by atoms with E-state index >= 15 is 0 Å². The van der Waals surface area contributed by atoms with Crippen molar-refractivity contribution < 1.29 is 0 Å². The summed E-state index contributed by atoms with van der Waals surface area (Å²) in [5.41, 5.74) is 11.7. The van der Waals surface area contributed by atoms with E-state index < -0.39 is 0 Å². The van der Waals surface area contributed by atoms with Crippen LogP contribution >= 0.6 is 24.4 Å². The molecule has 4 heteroatoms. The molecule has 1 aliphatic carbocycles. The van der Waals surface area contributed by atoms with Gasteiger partial charge < -0.3 is 11.5 Å². The van der Waals surface area contributed by atoms with Gasteiger partial charge in [-0.2, -0.15) is 0 Å². The van der Waals surface area contributed by atoms with E-state index in [0.717, 1.165) is 4.86 Å². The summed E-state index contributed by atoms with van der Waals surface area (Å²) >= 11 is 9.87. The van der Waals surface area contributed by atoms with Gasteiger partial charge in [-0.05, 0) is 6.08 Å². The molecule has 0 aromatic heterocycles. The molecular weight excluding hydrogens is 164 g/mol. The van der Waals surface area contributed by atoms with Gasteiger partial charge in [0.15, 0.2) is 0 Å². The van der Waals surface area contributed by atoms with Crippen molar-refractivity contribution in [3.8, 4) is 0 Å². The molecular formula is C6H8N2S2. The highest BCUT2D eigenvalue weighted by Gasteiger charge is 2.16. The van der Waals surface area contributed by atoms with Crippen LogP contribution in [-0.4, -0.2) is 15.8 Å². The lowest BCUT2D eigenvalue weighted by Crippen LogP contribution is -2.35. The maximum atomic E-state index is 5.57. The molecule has 1 atom stereocenters. The predicted molar refractivity (Wildman–Crippen MR) is 50.1 cm³/mol. The zero-order valence-electron chi connectivity index (χ0n) is 5.33. The Hall–Kier alpha value is -0.320. The van der Waals surface area contributed by atoms with Crippen LogP contribution in [0.15, 0.2) is 11.8 Å². The summed E-state index contributed by atoms with van der Waals surface area (Å²) in [7, 11) is 0. The van der Waals surface area contributed by atoms with Gasteiger partial charge in [0.2, 0.25) is 0 Å². The summed E-state index contributed by atoms with van der Waals surface area (Å²) in [6.07, 6.45) is 2.29. The van der Waals surface area contributed by atoms with E-state index in [2.05, 4.69) is 0 Å². The van der Waals surface area contributed by atoms with Gasteiger partial charge in [-0.15, -0.1) is 0 Å². The molecule has 0 saturated carbocycles. The van der Waals surface area contributed by atoms with Crippen LogP contribution in [-0.2, 0) is 0 Å². The van der Waals surface area contributed by atoms with Crippen LogP contribution in [0.5, 0.6) is 0 Å². The largest absolute Gasteiger partial charge is 0.398 e. The van der Waals surface area contributed by atoms with Crippen molar-refractivity contribution in [3.63, 3.8) is 0 Å². The molecule has 2 nitrogen and oxygen atoms in total. The fourth-order valence-electron chi connectivity index (χ4n) is 0.757. The van der Waals surface area contributed by atoms with E-state index in [1.807, 2.05) is 0 Å². The number of allylic oxidation sites excluding steroid dienone is 1. The smallest absolute Gasteiger partial charge is 0.0572 e. The molecule has 1 unspecified atom stereocenters. The van der Waals surface area contributed by atoms with Gasteiger partial charge in [0.1, 0.15) is 0 Å². The molecule has 1 rings (SSSR count). The quantitative estimate of drug-likeness (QED) is 0.516. The monoisotopic (exact) mass is 172 g/mol. The summed E-state index contributed by atoms with van der Waals surface area (Å²) in [6, 6.07) is -0.179. The molecule has 0 amide bonds. The van der Waals surface area contributed by atoms with Crippen LogP contribution in [0.4, 0.5) is 0 Å². The average Bonchev–Trinajstić information content (AvgIpc) is 1.84. The third kappa shape index (κ3) is 1.39. The molecule has 0 radical (unpaired) electrons. The average molecular weight is 172 g/mol. The molecule has 54 valence electrons. The zero-order valence-corrected chi connectivity index (χ0v) is 6.97. The van der Waals surface area contributed by atoms with Crippen LogP contribution in [0, 0.1) is 0 Å². The van der Waals surface area contributed by atoms with Crippen molar-refractivity contribution in [1.82, 2.24) is 0 Å². The normalized spacial score (nSPS) is 26.5. The van der Waals surface area contributed by atoms with E-state index in [1.165, 1.54) is 0 Å². The molecule has 0 aromatic rings. The number of nitrogens with two attached hydrogens (primary N) is 2.